The number of esters is 5. The number of cyclic esters (lactones) is 3. The summed E-state index contributed by atoms with van der Waals surface area (Å²) in [5.41, 5.74) is -0.664. The van der Waals surface area contributed by atoms with E-state index in [9.17, 15) is 24.0 Å². The Bertz CT molecular complexity index is 1510. The Morgan fingerprint density at radius 3 is 1.47 bits per heavy atom. The number of carbonyl (C=O) groups is 5. The Morgan fingerprint density at radius 1 is 0.710 bits per heavy atom. The van der Waals surface area contributed by atoms with Crippen LogP contribution in [0.15, 0.2) is 0 Å². The van der Waals surface area contributed by atoms with Gasteiger partial charge in [-0.1, -0.05) is 127 Å². The van der Waals surface area contributed by atoms with E-state index >= 15 is 0 Å². The van der Waals surface area contributed by atoms with Crippen molar-refractivity contribution in [1.29, 1.82) is 0 Å². The lowest BCUT2D eigenvalue weighted by Gasteiger charge is -2.58. The van der Waals surface area contributed by atoms with Crippen LogP contribution in [0.4, 0.5) is 0 Å². The molecule has 0 aromatic rings. The second-order valence-corrected chi connectivity index (χ2v) is 65.4. The fourth-order valence-corrected chi connectivity index (χ4v) is 113. The quantitative estimate of drug-likeness (QED) is 0.0648. The van der Waals surface area contributed by atoms with Crippen LogP contribution in [0.2, 0.25) is 65.0 Å². The van der Waals surface area contributed by atoms with Gasteiger partial charge >= 0.3 is 29.8 Å². The van der Waals surface area contributed by atoms with Gasteiger partial charge in [-0.05, 0) is 85.9 Å². The molecule has 0 radical (unpaired) electrons. The van der Waals surface area contributed by atoms with E-state index in [1.54, 1.807) is 27.0 Å². The van der Waals surface area contributed by atoms with Gasteiger partial charge in [0.25, 0.3) is 0 Å². The Hall–Kier alpha value is -1.62. The summed E-state index contributed by atoms with van der Waals surface area (Å²) in [5.74, 6) is 4.66. The van der Waals surface area contributed by atoms with Crippen molar-refractivity contribution in [3.63, 3.8) is 0 Å². The van der Waals surface area contributed by atoms with Gasteiger partial charge in [-0.15, -0.1) is 0 Å². The maximum atomic E-state index is 12.5. The maximum absolute atomic E-state index is 12.5. The fourth-order valence-electron chi connectivity index (χ4n) is 13.5. The predicted molar refractivity (Wildman–Crippen MR) is 258 cm³/mol. The number of hydrogen-bond acceptors (Lipinski definition) is 10. The van der Waals surface area contributed by atoms with Crippen molar-refractivity contribution in [2.45, 2.75) is 178 Å². The minimum absolute atomic E-state index is 0.0426. The highest BCUT2D eigenvalue weighted by Crippen LogP contribution is 2.56. The maximum Gasteiger partial charge on any atom is 0.317 e. The standard InChI is InChI=1S/C16H24O4.C14H38Si4.C12H20O3.C6H8O3/c1-9-10(2)12-6-11(9)7-13(12)15(18)20-16(3)4-5-19-14(17)8-16;1-12-14(2)13-18(15(3,4)5,16(6,7)8)17(9,10)11;1-7-8(2)10-4-9(7)5-11(10)12(13)15-6-14-3;1-3-4(2)6(8)9-5(3)7/h9-13H,4-8H2,1-3H3;14H,12-13H2,1-11H3;7-11H,4-6H2,1-3H3;3-4H,1-2H3. The molecule has 14 atom stereocenters. The zero-order valence-electron chi connectivity index (χ0n) is 42.7. The largest absolute Gasteiger partial charge is 0.465 e. The molecule has 14 unspecified atom stereocenters. The van der Waals surface area contributed by atoms with Gasteiger partial charge in [-0.25, -0.2) is 0 Å². The molecule has 4 aliphatic carbocycles. The Kier molecular flexibility index (Phi) is 18.8. The fraction of sp³-hybridized carbons (Fsp3) is 0.896. The lowest BCUT2D eigenvalue weighted by molar-refractivity contribution is -0.180. The van der Waals surface area contributed by atoms with Crippen molar-refractivity contribution in [2.75, 3.05) is 20.5 Å². The van der Waals surface area contributed by atoms with Crippen molar-refractivity contribution >= 4 is 59.2 Å². The highest BCUT2D eigenvalue weighted by Gasteiger charge is 2.61. The van der Waals surface area contributed by atoms with Gasteiger partial charge in [-0.3, -0.25) is 24.0 Å². The third-order valence-corrected chi connectivity index (χ3v) is 91.7. The van der Waals surface area contributed by atoms with Crippen LogP contribution in [0.3, 0.4) is 0 Å². The van der Waals surface area contributed by atoms with E-state index in [4.69, 9.17) is 18.9 Å². The third-order valence-electron chi connectivity index (χ3n) is 17.4. The van der Waals surface area contributed by atoms with Crippen molar-refractivity contribution in [3.05, 3.63) is 0 Å². The monoisotopic (exact) mass is 939 g/mol. The molecule has 2 saturated heterocycles. The number of carbonyl (C=O) groups excluding carboxylic acids is 5. The summed E-state index contributed by atoms with van der Waals surface area (Å²) in [6.07, 6.45) is 6.56. The van der Waals surface area contributed by atoms with E-state index in [0.717, 1.165) is 36.5 Å². The van der Waals surface area contributed by atoms with Gasteiger partial charge < -0.3 is 23.7 Å². The molecule has 14 heteroatoms. The van der Waals surface area contributed by atoms with Crippen LogP contribution in [-0.2, 0) is 47.7 Å². The SMILES string of the molecule is CC1C(=O)OC(=O)C1C.CC1C2CC(C(=O)OC3(C)CCOC(=O)C3)C(C2)C1C.CCC(C)C[Si]([Si](C)(C)C)([Si](C)(C)C)[Si](C)(C)C.COCOC(=O)C1CC2CC1C(C)C2C. The molecule has 6 fully saturated rings. The zero-order valence-corrected chi connectivity index (χ0v) is 46.7. The van der Waals surface area contributed by atoms with Crippen LogP contribution in [0.1, 0.15) is 107 Å². The molecule has 2 aliphatic heterocycles. The topological polar surface area (TPSA) is 132 Å². The Morgan fingerprint density at radius 2 is 1.15 bits per heavy atom. The molecular formula is C48H90O10Si4. The van der Waals surface area contributed by atoms with Gasteiger partial charge in [0.15, 0.2) is 6.79 Å². The van der Waals surface area contributed by atoms with Gasteiger partial charge in [0.05, 0.1) is 36.7 Å². The number of hydrogen-bond donors (Lipinski definition) is 0. The summed E-state index contributed by atoms with van der Waals surface area (Å²) in [6.45, 7) is 43.0. The number of ether oxygens (including phenoxy) is 5. The lowest BCUT2D eigenvalue weighted by Crippen LogP contribution is -2.82. The molecule has 62 heavy (non-hydrogen) atoms. The molecule has 0 spiro atoms. The normalized spacial score (nSPS) is 35.6. The van der Waals surface area contributed by atoms with E-state index in [2.05, 4.69) is 105 Å². The predicted octanol–water partition coefficient (Wildman–Crippen LogP) is 10.7. The minimum atomic E-state index is -1.07. The van der Waals surface area contributed by atoms with Crippen LogP contribution in [-0.4, -0.2) is 85.4 Å². The molecule has 10 nitrogen and oxygen atoms in total. The van der Waals surface area contributed by atoms with Gasteiger partial charge in [0.2, 0.25) is 0 Å². The first kappa shape index (κ1) is 54.7. The highest BCUT2D eigenvalue weighted by molar-refractivity contribution is 7.89. The molecule has 6 rings (SSSR count). The van der Waals surface area contributed by atoms with E-state index in [-0.39, 0.29) is 54.8 Å². The van der Waals surface area contributed by atoms with Crippen molar-refractivity contribution < 1.29 is 47.7 Å². The minimum Gasteiger partial charge on any atom is -0.465 e. The van der Waals surface area contributed by atoms with Crippen molar-refractivity contribution in [1.82, 2.24) is 0 Å². The van der Waals surface area contributed by atoms with Crippen molar-refractivity contribution in [3.8, 4) is 0 Å². The average molecular weight is 940 g/mol. The van der Waals surface area contributed by atoms with E-state index < -0.39 is 46.9 Å². The van der Waals surface area contributed by atoms with E-state index in [1.165, 1.54) is 19.3 Å². The summed E-state index contributed by atoms with van der Waals surface area (Å²) in [7, 11) is -1.53. The zero-order chi connectivity index (χ0) is 47.5. The smallest absolute Gasteiger partial charge is 0.317 e. The van der Waals surface area contributed by atoms with Crippen LogP contribution in [0.5, 0.6) is 0 Å². The first-order chi connectivity index (χ1) is 28.4. The summed E-state index contributed by atoms with van der Waals surface area (Å²) >= 11 is 0. The van der Waals surface area contributed by atoms with Gasteiger partial charge in [-0.2, -0.15) is 0 Å². The summed E-state index contributed by atoms with van der Waals surface area (Å²) in [5, 5.41) is 0. The average Bonchev–Trinajstić information content (AvgIpc) is 3.96. The second kappa shape index (κ2) is 21.3. The van der Waals surface area contributed by atoms with Crippen LogP contribution in [0, 0.1) is 76.9 Å². The molecule has 0 aromatic heterocycles. The summed E-state index contributed by atoms with van der Waals surface area (Å²) in [4.78, 5) is 56.7. The first-order valence-electron chi connectivity index (χ1n) is 24.2. The van der Waals surface area contributed by atoms with E-state index in [0.29, 0.717) is 42.6 Å². The van der Waals surface area contributed by atoms with Gasteiger partial charge in [0, 0.05) is 42.9 Å². The molecular weight excluding hydrogens is 849 g/mol. The van der Waals surface area contributed by atoms with Crippen molar-refractivity contribution in [2.24, 2.45) is 76.9 Å². The molecule has 4 bridgehead atoms. The van der Waals surface area contributed by atoms with Gasteiger partial charge in [0.1, 0.15) is 5.60 Å². The molecule has 4 saturated carbocycles. The highest BCUT2D eigenvalue weighted by atomic mass is 29.9. The first-order valence-corrected chi connectivity index (χ1v) is 39.9. The number of methoxy groups -OCH3 is 1. The summed E-state index contributed by atoms with van der Waals surface area (Å²) in [6, 6.07) is 1.64. The molecule has 0 N–H and O–H groups in total. The molecule has 0 amide bonds. The molecule has 2 heterocycles. The third kappa shape index (κ3) is 12.2. The molecule has 358 valence electrons. The lowest BCUT2D eigenvalue weighted by atomic mass is 9.75. The van der Waals surface area contributed by atoms with Crippen LogP contribution < -0.4 is 0 Å². The number of fused-ring (bicyclic) bond motifs is 4. The van der Waals surface area contributed by atoms with Crippen LogP contribution in [0.25, 0.3) is 0 Å². The Labute approximate surface area is 380 Å². The number of rotatable bonds is 11. The van der Waals surface area contributed by atoms with Crippen LogP contribution >= 0.6 is 0 Å². The molecule has 0 aromatic carbocycles. The summed E-state index contributed by atoms with van der Waals surface area (Å²) < 4.78 is 24.8. The second-order valence-electron chi connectivity index (χ2n) is 24.0. The Balaban J connectivity index is 0.000000227. The van der Waals surface area contributed by atoms with E-state index in [1.807, 2.05) is 6.92 Å². The molecule has 6 aliphatic rings.